The molecule has 0 aliphatic carbocycles. The van der Waals surface area contributed by atoms with Crippen LogP contribution < -0.4 is 5.32 Å². The highest BCUT2D eigenvalue weighted by atomic mass is 16.6. The third kappa shape index (κ3) is 13.6. The van der Waals surface area contributed by atoms with Crippen LogP contribution in [0.25, 0.3) is 0 Å². The van der Waals surface area contributed by atoms with Crippen LogP contribution in [-0.2, 0) is 28.5 Å². The lowest BCUT2D eigenvalue weighted by Crippen LogP contribution is -2.54. The minimum absolute atomic E-state index is 0. The predicted octanol–water partition coefficient (Wildman–Crippen LogP) is 7.09. The number of aliphatic hydroxyl groups is 3. The van der Waals surface area contributed by atoms with Gasteiger partial charge in [0, 0.05) is 93.1 Å². The molecule has 11 atom stereocenters. The number of ether oxygens (including phenoxy) is 4. The summed E-state index contributed by atoms with van der Waals surface area (Å²) in [6, 6.07) is -0.173. The lowest BCUT2D eigenvalue weighted by molar-refractivity contribution is -0.151. The standard InChI is InChI=1S/C37H60N2O11.CH4.12H2/c1-8-28(41)25(4)34-29(48-34)21-36(5,46)16-9-10-23(2)33-24(3)11-13-30(37(6,47-7)17-15-27(40)20-32(44)50-33)49-35(45)39-19-18-38-26(22-39)12-14-31(42)43;;;;;;;;;;;;;/h9-11,13,16,24-30,33-34,38,40-41,46H,8,12,14-15,17-22H2,1-7H3,(H,42,43);1H4;12*1H/b13-11+,16-9+,23-10+;;;;;;;;;;;;;/t24-,25+,26-,27+,28-,29+,30-,33+,34+,36-,37+;;;;;;;;;;;;;/m0............./s1/i;;12*1+1D. The maximum Gasteiger partial charge on any atom is 0.410 e. The second-order valence-corrected chi connectivity index (χ2v) is 14.7. The molecule has 316 valence electrons. The largest absolute Gasteiger partial charge is 0.481 e. The number of cyclic esters (lactones) is 1. The summed E-state index contributed by atoms with van der Waals surface area (Å²) < 4.78 is 144. The van der Waals surface area contributed by atoms with Gasteiger partial charge in [-0.1, -0.05) is 52.5 Å². The molecule has 51 heavy (non-hydrogen) atoms. The van der Waals surface area contributed by atoms with Gasteiger partial charge in [-0.05, 0) is 58.1 Å². The number of carbonyl (C=O) groups is 3. The fraction of sp³-hybridized carbons (Fsp3) is 0.763. The summed E-state index contributed by atoms with van der Waals surface area (Å²) in [6.45, 7) is 12.3. The molecule has 0 spiro atoms. The monoisotopic (exact) mass is 773 g/mol. The van der Waals surface area contributed by atoms with E-state index in [-0.39, 0.29) is 63.2 Å². The van der Waals surface area contributed by atoms with Crippen molar-refractivity contribution in [2.45, 2.75) is 148 Å². The second kappa shape index (κ2) is 19.9. The summed E-state index contributed by atoms with van der Waals surface area (Å²) in [5, 5.41) is 44.3. The molecular formula is C38H88N2O11. The summed E-state index contributed by atoms with van der Waals surface area (Å²) >= 11 is 0. The third-order valence-corrected chi connectivity index (χ3v) is 10.3. The van der Waals surface area contributed by atoms with Gasteiger partial charge in [-0.25, -0.2) is 4.79 Å². The zero-order valence-corrected chi connectivity index (χ0v) is 30.7. The first-order chi connectivity index (χ1) is 35.5. The number of amides is 1. The number of aliphatic hydroxyl groups excluding tert-OH is 2. The molecule has 5 N–H and O–H groups in total. The van der Waals surface area contributed by atoms with E-state index in [1.54, 1.807) is 43.1 Å². The summed E-state index contributed by atoms with van der Waals surface area (Å²) in [6.07, 6.45) is 6.52. The molecule has 0 aromatic rings. The van der Waals surface area contributed by atoms with E-state index in [4.69, 9.17) is 59.7 Å². The van der Waals surface area contributed by atoms with Crippen LogP contribution in [0, 0.1) is 11.8 Å². The number of esters is 1. The number of allylic oxidation sites excluding steroid dienone is 2. The Morgan fingerprint density at radius 3 is 2.69 bits per heavy atom. The number of piperazine rings is 1. The van der Waals surface area contributed by atoms with Crippen LogP contribution in [0.5, 0.6) is 0 Å². The van der Waals surface area contributed by atoms with Crippen molar-refractivity contribution < 1.29 is 89.4 Å². The molecule has 3 heterocycles. The fourth-order valence-electron chi connectivity index (χ4n) is 6.67. The molecule has 2 saturated heterocycles. The van der Waals surface area contributed by atoms with Crippen molar-refractivity contribution in [3.8, 4) is 0 Å². The van der Waals surface area contributed by atoms with Crippen molar-refractivity contribution in [3.63, 3.8) is 0 Å². The van der Waals surface area contributed by atoms with Crippen LogP contribution in [0.15, 0.2) is 36.0 Å². The van der Waals surface area contributed by atoms with Gasteiger partial charge in [-0.3, -0.25) is 9.59 Å². The second-order valence-electron chi connectivity index (χ2n) is 14.7. The zero-order chi connectivity index (χ0) is 61.2. The number of hydrogen-bond acceptors (Lipinski definition) is 11. The molecule has 0 aromatic carbocycles. The average Bonchev–Trinajstić information content (AvgIpc) is 4.23. The molecule has 3 aliphatic rings. The first kappa shape index (κ1) is 28.7. The van der Waals surface area contributed by atoms with E-state index < -0.39 is 53.6 Å². The third-order valence-electron chi connectivity index (χ3n) is 10.3. The van der Waals surface area contributed by atoms with Gasteiger partial charge in [-0.15, -0.1) is 0 Å². The average molecular weight is 773 g/mol. The van der Waals surface area contributed by atoms with Gasteiger partial charge in [0.1, 0.15) is 11.7 Å². The number of hydrogen-bond donors (Lipinski definition) is 5. The Hall–Kier alpha value is -2.81. The normalized spacial score (nSPS) is 35.6. The smallest absolute Gasteiger partial charge is 0.410 e. The highest BCUT2D eigenvalue weighted by molar-refractivity contribution is 5.70. The van der Waals surface area contributed by atoms with Crippen LogP contribution in [0.4, 0.5) is 4.79 Å². The number of aliphatic carboxylic acids is 1. The maximum atomic E-state index is 13.5. The number of methoxy groups -OCH3 is 1. The van der Waals surface area contributed by atoms with Gasteiger partial charge in [0.15, 0.2) is 6.10 Å². The summed E-state index contributed by atoms with van der Waals surface area (Å²) in [7, 11) is 1.51. The molecule has 13 nitrogen and oxygen atoms in total. The van der Waals surface area contributed by atoms with E-state index in [1.165, 1.54) is 7.11 Å². The van der Waals surface area contributed by atoms with Crippen molar-refractivity contribution in [1.29, 1.82) is 0 Å². The minimum atomic E-state index is -1.17. The molecule has 3 aliphatic heterocycles. The molecule has 0 aromatic heterocycles. The highest BCUT2D eigenvalue weighted by Gasteiger charge is 2.47. The number of rotatable bonds is 13. The van der Waals surface area contributed by atoms with Gasteiger partial charge in [0.2, 0.25) is 0 Å². The van der Waals surface area contributed by atoms with Crippen molar-refractivity contribution in [2.24, 2.45) is 11.8 Å². The van der Waals surface area contributed by atoms with Crippen molar-refractivity contribution >= 4 is 18.0 Å². The summed E-state index contributed by atoms with van der Waals surface area (Å²) in [5.74, 6) is -1.85. The Labute approximate surface area is 341 Å². The number of epoxide rings is 1. The maximum absolute atomic E-state index is 13.5. The topological polar surface area (TPSA) is 188 Å². The van der Waals surface area contributed by atoms with Crippen molar-refractivity contribution in [2.75, 3.05) is 26.7 Å². The van der Waals surface area contributed by atoms with Crippen LogP contribution >= 0.6 is 0 Å². The van der Waals surface area contributed by atoms with Crippen molar-refractivity contribution in [1.82, 2.24) is 10.2 Å². The van der Waals surface area contributed by atoms with Crippen LogP contribution in [0.1, 0.15) is 130 Å². The molecule has 13 heteroatoms. The highest BCUT2D eigenvalue weighted by Crippen LogP contribution is 2.37. The van der Waals surface area contributed by atoms with E-state index in [0.29, 0.717) is 44.5 Å². The molecule has 1 amide bonds. The number of nitrogens with one attached hydrogen (secondary N) is 1. The Morgan fingerprint density at radius 1 is 1.33 bits per heavy atom. The Bertz CT molecular complexity index is 1300. The van der Waals surface area contributed by atoms with Crippen molar-refractivity contribution in [3.05, 3.63) is 36.0 Å². The number of nitrogens with zero attached hydrogens (tertiary/aromatic N) is 1. The Balaban J connectivity index is -0.000000160. The molecule has 0 unspecified atom stereocenters. The molecule has 0 radical (unpaired) electrons. The number of carbonyl (C=O) groups excluding carboxylic acids is 2. The molecule has 3 rings (SSSR count). The van der Waals surface area contributed by atoms with E-state index in [0.717, 1.165) is 0 Å². The Morgan fingerprint density at radius 2 is 2.04 bits per heavy atom. The first-order valence-electron chi connectivity index (χ1n) is 29.9. The van der Waals surface area contributed by atoms with Crippen LogP contribution in [0.2, 0.25) is 0 Å². The molecule has 0 saturated carbocycles. The lowest BCUT2D eigenvalue weighted by atomic mass is 9.88. The predicted molar refractivity (Wildman–Crippen MR) is 218 cm³/mol. The number of carboxylic acids is 1. The first-order valence-corrected chi connectivity index (χ1v) is 17.9. The van der Waals surface area contributed by atoms with Crippen LogP contribution in [0.3, 0.4) is 0 Å². The minimum Gasteiger partial charge on any atom is -0.481 e. The number of carboxylic acid groups (broad SMARTS) is 1. The Kier molecular flexibility index (Phi) is 11.2. The summed E-state index contributed by atoms with van der Waals surface area (Å²) in [5.41, 5.74) is -1.50. The van der Waals surface area contributed by atoms with Gasteiger partial charge in [0.25, 0.3) is 0 Å². The summed E-state index contributed by atoms with van der Waals surface area (Å²) in [4.78, 5) is 39.0. The van der Waals surface area contributed by atoms with Gasteiger partial charge in [0.05, 0.1) is 36.4 Å². The SMILES string of the molecule is C.CC[C@H](O)[C@@H](C)[C@H]1O[C@@H]1C[C@@](C)(O)/C=C/C=C(\C)[C@H]1OC(=O)C[C@H](O)CC[C@@](C)(OC)[C@@H](OC(=O)N2CCN[C@@H](CCC(=O)O)C2)/C=C/[C@@H]1C.[2H][2H].[2H][2H].[2H][2H].[2H][2H].[2H][2H].[2H][2H].[2H][2H].[2H][2H].[2H][2H].[2H][2H].[2H][2H].[2H][2H]. The van der Waals surface area contributed by atoms with E-state index in [2.05, 4.69) is 5.32 Å². The van der Waals surface area contributed by atoms with E-state index in [1.807, 2.05) is 33.8 Å². The quantitative estimate of drug-likeness (QED) is 0.0555. The molecule has 2 fully saturated rings. The zero-order valence-electron chi connectivity index (χ0n) is 54.7. The van der Waals surface area contributed by atoms with Crippen LogP contribution in [-0.4, -0.2) is 124 Å². The van der Waals surface area contributed by atoms with Gasteiger partial charge < -0.3 is 49.6 Å². The van der Waals surface area contributed by atoms with E-state index in [9.17, 15) is 29.7 Å². The van der Waals surface area contributed by atoms with E-state index >= 15 is 0 Å². The fourth-order valence-corrected chi connectivity index (χ4v) is 6.67. The van der Waals surface area contributed by atoms with Gasteiger partial charge in [-0.2, -0.15) is 0 Å². The van der Waals surface area contributed by atoms with Gasteiger partial charge >= 0.3 is 18.0 Å². The molecule has 0 bridgehead atoms. The lowest BCUT2D eigenvalue weighted by Gasteiger charge is -2.38. The molecular weight excluding hydrogens is 660 g/mol.